The van der Waals surface area contributed by atoms with Gasteiger partial charge in [0.15, 0.2) is 5.96 Å². The maximum absolute atomic E-state index is 5.56. The SMILES string of the molecule is CCc1ccccc1OCCN=C(N)N. The lowest BCUT2D eigenvalue weighted by Crippen LogP contribution is -2.23. The molecule has 0 amide bonds. The zero-order valence-corrected chi connectivity index (χ0v) is 8.94. The summed E-state index contributed by atoms with van der Waals surface area (Å²) in [7, 11) is 0. The predicted molar refractivity (Wildman–Crippen MR) is 62.0 cm³/mol. The number of hydrogen-bond donors (Lipinski definition) is 2. The van der Waals surface area contributed by atoms with Crippen LogP contribution < -0.4 is 16.2 Å². The van der Waals surface area contributed by atoms with Crippen LogP contribution in [0.2, 0.25) is 0 Å². The van der Waals surface area contributed by atoms with Crippen LogP contribution in [0.4, 0.5) is 0 Å². The molecule has 0 fully saturated rings. The fourth-order valence-electron chi connectivity index (χ4n) is 1.27. The highest BCUT2D eigenvalue weighted by Gasteiger charge is 1.99. The summed E-state index contributed by atoms with van der Waals surface area (Å²) < 4.78 is 5.56. The summed E-state index contributed by atoms with van der Waals surface area (Å²) in [5.41, 5.74) is 11.6. The molecule has 0 aliphatic carbocycles. The van der Waals surface area contributed by atoms with Gasteiger partial charge in [-0.15, -0.1) is 0 Å². The number of ether oxygens (including phenoxy) is 1. The van der Waals surface area contributed by atoms with E-state index in [-0.39, 0.29) is 5.96 Å². The molecular formula is C11H17N3O. The quantitative estimate of drug-likeness (QED) is 0.428. The summed E-state index contributed by atoms with van der Waals surface area (Å²) in [6.45, 7) is 3.08. The zero-order chi connectivity index (χ0) is 11.1. The molecule has 82 valence electrons. The molecule has 0 heterocycles. The van der Waals surface area contributed by atoms with Crippen molar-refractivity contribution in [3.8, 4) is 5.75 Å². The molecule has 4 N–H and O–H groups in total. The molecule has 0 spiro atoms. The molecule has 1 rings (SSSR count). The molecule has 4 heteroatoms. The number of aryl methyl sites for hydroxylation is 1. The normalized spacial score (nSPS) is 9.67. The van der Waals surface area contributed by atoms with Gasteiger partial charge in [-0.1, -0.05) is 25.1 Å². The lowest BCUT2D eigenvalue weighted by molar-refractivity contribution is 0.325. The van der Waals surface area contributed by atoms with E-state index in [4.69, 9.17) is 16.2 Å². The van der Waals surface area contributed by atoms with E-state index in [1.807, 2.05) is 18.2 Å². The van der Waals surface area contributed by atoms with Gasteiger partial charge in [-0.2, -0.15) is 0 Å². The van der Waals surface area contributed by atoms with Gasteiger partial charge in [0, 0.05) is 0 Å². The van der Waals surface area contributed by atoms with Gasteiger partial charge < -0.3 is 16.2 Å². The average molecular weight is 207 g/mol. The molecule has 0 saturated heterocycles. The Bertz CT molecular complexity index is 332. The number of nitrogens with zero attached hydrogens (tertiary/aromatic N) is 1. The first-order valence-electron chi connectivity index (χ1n) is 5.00. The summed E-state index contributed by atoms with van der Waals surface area (Å²) in [4.78, 5) is 3.84. The van der Waals surface area contributed by atoms with Crippen molar-refractivity contribution in [2.45, 2.75) is 13.3 Å². The number of benzene rings is 1. The van der Waals surface area contributed by atoms with Crippen LogP contribution in [0.25, 0.3) is 0 Å². The molecule has 0 atom stereocenters. The van der Waals surface area contributed by atoms with E-state index in [0.29, 0.717) is 13.2 Å². The third-order valence-electron chi connectivity index (χ3n) is 2.00. The second-order valence-electron chi connectivity index (χ2n) is 3.12. The van der Waals surface area contributed by atoms with Crippen molar-refractivity contribution in [3.05, 3.63) is 29.8 Å². The fourth-order valence-corrected chi connectivity index (χ4v) is 1.27. The average Bonchev–Trinajstić information content (AvgIpc) is 2.24. The number of nitrogens with two attached hydrogens (primary N) is 2. The van der Waals surface area contributed by atoms with Gasteiger partial charge in [0.2, 0.25) is 0 Å². The third-order valence-corrected chi connectivity index (χ3v) is 2.00. The van der Waals surface area contributed by atoms with E-state index in [1.165, 1.54) is 5.56 Å². The summed E-state index contributed by atoms with van der Waals surface area (Å²) >= 11 is 0. The largest absolute Gasteiger partial charge is 0.491 e. The van der Waals surface area contributed by atoms with Crippen LogP contribution in [-0.2, 0) is 6.42 Å². The van der Waals surface area contributed by atoms with Crippen LogP contribution >= 0.6 is 0 Å². The minimum absolute atomic E-state index is 0.0994. The van der Waals surface area contributed by atoms with Gasteiger partial charge in [0.05, 0.1) is 6.54 Å². The summed E-state index contributed by atoms with van der Waals surface area (Å²) in [5.74, 6) is 1.01. The Morgan fingerprint density at radius 2 is 2.07 bits per heavy atom. The van der Waals surface area contributed by atoms with Crippen LogP contribution in [0, 0.1) is 0 Å². The fraction of sp³-hybridized carbons (Fsp3) is 0.364. The highest BCUT2D eigenvalue weighted by atomic mass is 16.5. The molecular weight excluding hydrogens is 190 g/mol. The number of aliphatic imine (C=N–C) groups is 1. The Morgan fingerprint density at radius 3 is 2.73 bits per heavy atom. The van der Waals surface area contributed by atoms with E-state index < -0.39 is 0 Å². The van der Waals surface area contributed by atoms with Crippen LogP contribution in [0.1, 0.15) is 12.5 Å². The highest BCUT2D eigenvalue weighted by molar-refractivity contribution is 5.75. The van der Waals surface area contributed by atoms with Gasteiger partial charge >= 0.3 is 0 Å². The minimum Gasteiger partial charge on any atom is -0.491 e. The van der Waals surface area contributed by atoms with Crippen LogP contribution in [0.3, 0.4) is 0 Å². The van der Waals surface area contributed by atoms with Gasteiger partial charge in [-0.05, 0) is 18.1 Å². The van der Waals surface area contributed by atoms with Crippen molar-refractivity contribution in [1.82, 2.24) is 0 Å². The summed E-state index contributed by atoms with van der Waals surface area (Å²) in [6.07, 6.45) is 0.957. The molecule has 15 heavy (non-hydrogen) atoms. The molecule has 1 aromatic rings. The van der Waals surface area contributed by atoms with Crippen molar-refractivity contribution >= 4 is 5.96 Å². The topological polar surface area (TPSA) is 73.6 Å². The Labute approximate surface area is 89.9 Å². The second kappa shape index (κ2) is 5.90. The lowest BCUT2D eigenvalue weighted by Gasteiger charge is -2.08. The monoisotopic (exact) mass is 207 g/mol. The minimum atomic E-state index is 0.0994. The molecule has 0 aromatic heterocycles. The van der Waals surface area contributed by atoms with Crippen LogP contribution in [0.15, 0.2) is 29.3 Å². The van der Waals surface area contributed by atoms with Crippen molar-refractivity contribution in [3.63, 3.8) is 0 Å². The smallest absolute Gasteiger partial charge is 0.186 e. The van der Waals surface area contributed by atoms with E-state index in [0.717, 1.165) is 12.2 Å². The van der Waals surface area contributed by atoms with Crippen molar-refractivity contribution in [1.29, 1.82) is 0 Å². The number of rotatable bonds is 5. The van der Waals surface area contributed by atoms with Gasteiger partial charge in [0.25, 0.3) is 0 Å². The molecule has 0 unspecified atom stereocenters. The third kappa shape index (κ3) is 3.89. The van der Waals surface area contributed by atoms with E-state index >= 15 is 0 Å². The van der Waals surface area contributed by atoms with Crippen molar-refractivity contribution in [2.75, 3.05) is 13.2 Å². The molecule has 0 saturated carbocycles. The highest BCUT2D eigenvalue weighted by Crippen LogP contribution is 2.17. The zero-order valence-electron chi connectivity index (χ0n) is 8.94. The molecule has 0 aliphatic heterocycles. The van der Waals surface area contributed by atoms with Gasteiger partial charge in [-0.3, -0.25) is 4.99 Å². The number of para-hydroxylation sites is 1. The first-order chi connectivity index (χ1) is 7.24. The predicted octanol–water partition coefficient (Wildman–Crippen LogP) is 0.901. The van der Waals surface area contributed by atoms with Gasteiger partial charge in [0.1, 0.15) is 12.4 Å². The van der Waals surface area contributed by atoms with Crippen LogP contribution in [-0.4, -0.2) is 19.1 Å². The maximum atomic E-state index is 5.56. The van der Waals surface area contributed by atoms with E-state index in [1.54, 1.807) is 0 Å². The first-order valence-corrected chi connectivity index (χ1v) is 5.00. The number of guanidine groups is 1. The van der Waals surface area contributed by atoms with Crippen molar-refractivity contribution < 1.29 is 4.74 Å². The summed E-state index contributed by atoms with van der Waals surface area (Å²) in [6, 6.07) is 7.96. The molecule has 1 aromatic carbocycles. The first kappa shape index (κ1) is 11.4. The summed E-state index contributed by atoms with van der Waals surface area (Å²) in [5, 5.41) is 0. The Morgan fingerprint density at radius 1 is 1.33 bits per heavy atom. The molecule has 0 aliphatic rings. The molecule has 0 radical (unpaired) electrons. The molecule has 4 nitrogen and oxygen atoms in total. The Kier molecular flexibility index (Phi) is 4.47. The lowest BCUT2D eigenvalue weighted by atomic mass is 10.1. The van der Waals surface area contributed by atoms with Crippen molar-refractivity contribution in [2.24, 2.45) is 16.5 Å². The molecule has 0 bridgehead atoms. The Hall–Kier alpha value is -1.71. The number of hydrogen-bond acceptors (Lipinski definition) is 2. The second-order valence-corrected chi connectivity index (χ2v) is 3.12. The Balaban J connectivity index is 2.46. The van der Waals surface area contributed by atoms with Gasteiger partial charge in [-0.25, -0.2) is 0 Å². The van der Waals surface area contributed by atoms with E-state index in [2.05, 4.69) is 18.0 Å². The van der Waals surface area contributed by atoms with E-state index in [9.17, 15) is 0 Å². The van der Waals surface area contributed by atoms with Crippen LogP contribution in [0.5, 0.6) is 5.75 Å². The standard InChI is InChI=1S/C11H17N3O/c1-2-9-5-3-4-6-10(9)15-8-7-14-11(12)13/h3-6H,2,7-8H2,1H3,(H4,12,13,14). The maximum Gasteiger partial charge on any atom is 0.186 e.